The highest BCUT2D eigenvalue weighted by atomic mass is 32.1. The summed E-state index contributed by atoms with van der Waals surface area (Å²) in [6, 6.07) is 20.2. The molecule has 0 aliphatic carbocycles. The molecule has 2 heterocycles. The molecule has 0 atom stereocenters. The van der Waals surface area contributed by atoms with E-state index in [0.717, 1.165) is 45.3 Å². The molecule has 0 radical (unpaired) electrons. The summed E-state index contributed by atoms with van der Waals surface area (Å²) < 4.78 is 0. The Morgan fingerprint density at radius 2 is 1.85 bits per heavy atom. The molecule has 178 valence electrons. The van der Waals surface area contributed by atoms with Gasteiger partial charge in [-0.15, -0.1) is 11.3 Å². The summed E-state index contributed by atoms with van der Waals surface area (Å²) in [6.45, 7) is 5.02. The topological polar surface area (TPSA) is 61.4 Å². The van der Waals surface area contributed by atoms with Crippen molar-refractivity contribution in [2.24, 2.45) is 0 Å². The highest BCUT2D eigenvalue weighted by molar-refractivity contribution is 7.09. The number of hydrogen-bond donors (Lipinski definition) is 2. The van der Waals surface area contributed by atoms with E-state index in [2.05, 4.69) is 58.2 Å². The van der Waals surface area contributed by atoms with Crippen LogP contribution in [0.15, 0.2) is 66.0 Å². The van der Waals surface area contributed by atoms with Crippen LogP contribution in [0.25, 0.3) is 0 Å². The quantitative estimate of drug-likeness (QED) is 0.435. The number of carbonyl (C=O) groups is 2. The highest BCUT2D eigenvalue weighted by Gasteiger charge is 2.21. The maximum Gasteiger partial charge on any atom is 0.251 e. The van der Waals surface area contributed by atoms with Gasteiger partial charge in [0.1, 0.15) is 0 Å². The second kappa shape index (κ2) is 12.0. The zero-order valence-electron chi connectivity index (χ0n) is 19.8. The van der Waals surface area contributed by atoms with E-state index in [-0.39, 0.29) is 17.9 Å². The second-order valence-electron chi connectivity index (χ2n) is 9.07. The van der Waals surface area contributed by atoms with E-state index in [9.17, 15) is 9.59 Å². The number of thiophene rings is 1. The molecule has 1 aliphatic rings. The molecule has 3 aromatic rings. The Kier molecular flexibility index (Phi) is 8.50. The van der Waals surface area contributed by atoms with Gasteiger partial charge in [-0.1, -0.05) is 42.0 Å². The first kappa shape index (κ1) is 24.2. The van der Waals surface area contributed by atoms with Gasteiger partial charge in [0.15, 0.2) is 0 Å². The van der Waals surface area contributed by atoms with Crippen molar-refractivity contribution in [3.63, 3.8) is 0 Å². The summed E-state index contributed by atoms with van der Waals surface area (Å²) in [5.41, 5.74) is 3.88. The normalized spacial score (nSPS) is 14.6. The van der Waals surface area contributed by atoms with E-state index in [4.69, 9.17) is 0 Å². The van der Waals surface area contributed by atoms with Gasteiger partial charge in [-0.2, -0.15) is 0 Å². The van der Waals surface area contributed by atoms with E-state index >= 15 is 0 Å². The van der Waals surface area contributed by atoms with E-state index in [1.165, 1.54) is 16.0 Å². The fourth-order valence-corrected chi connectivity index (χ4v) is 5.16. The average Bonchev–Trinajstić information content (AvgIpc) is 3.34. The first-order chi connectivity index (χ1) is 16.5. The van der Waals surface area contributed by atoms with E-state index < -0.39 is 0 Å². The van der Waals surface area contributed by atoms with Gasteiger partial charge < -0.3 is 10.6 Å². The zero-order chi connectivity index (χ0) is 23.8. The smallest absolute Gasteiger partial charge is 0.251 e. The molecule has 1 saturated heterocycles. The number of nitrogens with zero attached hydrogens (tertiary/aromatic N) is 1. The number of rotatable bonds is 9. The number of likely N-dealkylation sites (tertiary alicyclic amines) is 1. The zero-order valence-corrected chi connectivity index (χ0v) is 20.6. The molecule has 1 aromatic heterocycles. The van der Waals surface area contributed by atoms with Crippen LogP contribution in [0.2, 0.25) is 0 Å². The number of hydrogen-bond acceptors (Lipinski definition) is 4. The molecular formula is C28H33N3O2S. The van der Waals surface area contributed by atoms with Crippen LogP contribution in [-0.4, -0.2) is 35.8 Å². The van der Waals surface area contributed by atoms with Crippen LogP contribution in [0.5, 0.6) is 0 Å². The molecule has 5 nitrogen and oxygen atoms in total. The van der Waals surface area contributed by atoms with Crippen LogP contribution in [0.1, 0.15) is 52.0 Å². The third kappa shape index (κ3) is 7.27. The summed E-state index contributed by atoms with van der Waals surface area (Å²) >= 11 is 1.72. The Balaban J connectivity index is 1.21. The molecule has 2 aromatic carbocycles. The second-order valence-corrected chi connectivity index (χ2v) is 10.1. The Morgan fingerprint density at radius 1 is 1.03 bits per heavy atom. The maximum atomic E-state index is 12.8. The summed E-state index contributed by atoms with van der Waals surface area (Å²) in [6.07, 6.45) is 4.08. The Hall–Kier alpha value is -2.96. The van der Waals surface area contributed by atoms with Crippen LogP contribution in [0, 0.1) is 6.92 Å². The monoisotopic (exact) mass is 475 g/mol. The van der Waals surface area contributed by atoms with Crippen molar-refractivity contribution >= 4 is 28.8 Å². The molecule has 6 heteroatoms. The fraction of sp³-hybridized carbons (Fsp3) is 0.357. The predicted molar refractivity (Wildman–Crippen MR) is 139 cm³/mol. The lowest BCUT2D eigenvalue weighted by Crippen LogP contribution is -2.44. The van der Waals surface area contributed by atoms with Crippen LogP contribution in [0.3, 0.4) is 0 Å². The van der Waals surface area contributed by atoms with Crippen LogP contribution >= 0.6 is 11.3 Å². The largest absolute Gasteiger partial charge is 0.349 e. The van der Waals surface area contributed by atoms with Gasteiger partial charge in [0.05, 0.1) is 0 Å². The number of carbonyl (C=O) groups excluding carboxylic acids is 2. The van der Waals surface area contributed by atoms with Crippen molar-refractivity contribution in [3.8, 4) is 0 Å². The highest BCUT2D eigenvalue weighted by Crippen LogP contribution is 2.17. The van der Waals surface area contributed by atoms with E-state index in [0.29, 0.717) is 17.7 Å². The minimum absolute atomic E-state index is 0.0184. The lowest BCUT2D eigenvalue weighted by Gasteiger charge is -2.32. The van der Waals surface area contributed by atoms with E-state index in [1.807, 2.05) is 18.2 Å². The standard InChI is InChI=1S/C28H33N3O2S/c1-21-6-2-7-22(18-21)20-31-15-13-24(14-16-31)30-28(33)23-8-3-9-25(19-23)29-27(32)12-4-10-26-11-5-17-34-26/h2-3,5-9,11,17-19,24H,4,10,12-16,20H2,1H3,(H,29,32)(H,30,33). The summed E-state index contributed by atoms with van der Waals surface area (Å²) in [5, 5.41) is 8.17. The van der Waals surface area contributed by atoms with Gasteiger partial charge in [0.25, 0.3) is 5.91 Å². The molecule has 0 bridgehead atoms. The SMILES string of the molecule is Cc1cccc(CN2CCC(NC(=O)c3cccc(NC(=O)CCCc4cccs4)c3)CC2)c1. The number of piperidine rings is 1. The minimum Gasteiger partial charge on any atom is -0.349 e. The van der Waals surface area contributed by atoms with Crippen molar-refractivity contribution in [1.82, 2.24) is 10.2 Å². The van der Waals surface area contributed by atoms with Crippen molar-refractivity contribution in [2.75, 3.05) is 18.4 Å². The number of nitrogens with one attached hydrogen (secondary N) is 2. The van der Waals surface area contributed by atoms with Crippen LogP contribution in [0.4, 0.5) is 5.69 Å². The van der Waals surface area contributed by atoms with Crippen molar-refractivity contribution in [2.45, 2.75) is 51.6 Å². The third-order valence-corrected chi connectivity index (χ3v) is 7.16. The van der Waals surface area contributed by atoms with E-state index in [1.54, 1.807) is 23.5 Å². The number of amides is 2. The van der Waals surface area contributed by atoms with Crippen molar-refractivity contribution in [1.29, 1.82) is 0 Å². The van der Waals surface area contributed by atoms with Crippen LogP contribution in [-0.2, 0) is 17.8 Å². The van der Waals surface area contributed by atoms with Crippen molar-refractivity contribution in [3.05, 3.63) is 87.6 Å². The van der Waals surface area contributed by atoms with Gasteiger partial charge in [-0.3, -0.25) is 14.5 Å². The molecule has 0 saturated carbocycles. The molecule has 4 rings (SSSR count). The maximum absolute atomic E-state index is 12.8. The van der Waals surface area contributed by atoms with Gasteiger partial charge in [0, 0.05) is 48.2 Å². The first-order valence-corrected chi connectivity index (χ1v) is 12.9. The van der Waals surface area contributed by atoms with Crippen LogP contribution < -0.4 is 10.6 Å². The Morgan fingerprint density at radius 3 is 2.62 bits per heavy atom. The lowest BCUT2D eigenvalue weighted by molar-refractivity contribution is -0.116. The molecule has 2 N–H and O–H groups in total. The molecule has 0 unspecified atom stereocenters. The molecule has 1 aliphatic heterocycles. The summed E-state index contributed by atoms with van der Waals surface area (Å²) in [4.78, 5) is 28.9. The molecule has 0 spiro atoms. The third-order valence-electron chi connectivity index (χ3n) is 6.23. The first-order valence-electron chi connectivity index (χ1n) is 12.1. The molecule has 34 heavy (non-hydrogen) atoms. The lowest BCUT2D eigenvalue weighted by atomic mass is 10.0. The summed E-state index contributed by atoms with van der Waals surface area (Å²) in [5.74, 6) is -0.0963. The minimum atomic E-state index is -0.0778. The Labute approximate surface area is 206 Å². The number of aryl methyl sites for hydroxylation is 2. The van der Waals surface area contributed by atoms with Gasteiger partial charge in [0.2, 0.25) is 5.91 Å². The Bertz CT molecular complexity index is 1090. The van der Waals surface area contributed by atoms with Gasteiger partial charge in [-0.25, -0.2) is 0 Å². The van der Waals surface area contributed by atoms with Crippen molar-refractivity contribution < 1.29 is 9.59 Å². The predicted octanol–water partition coefficient (Wildman–Crippen LogP) is 5.41. The molecule has 2 amide bonds. The molecule has 1 fully saturated rings. The number of benzene rings is 2. The fourth-order valence-electron chi connectivity index (χ4n) is 4.41. The number of anilines is 1. The average molecular weight is 476 g/mol. The van der Waals surface area contributed by atoms with Gasteiger partial charge >= 0.3 is 0 Å². The van der Waals surface area contributed by atoms with Gasteiger partial charge in [-0.05, 0) is 67.8 Å². The summed E-state index contributed by atoms with van der Waals surface area (Å²) in [7, 11) is 0. The molecular weight excluding hydrogens is 442 g/mol.